The molecular formula is C22H19N3O3. The van der Waals surface area contributed by atoms with E-state index < -0.39 is 5.97 Å². The predicted molar refractivity (Wildman–Crippen MR) is 109 cm³/mol. The van der Waals surface area contributed by atoms with Crippen molar-refractivity contribution in [1.29, 1.82) is 5.41 Å². The SMILES string of the molecule is Cc1cccc(C(=O)O)c1-c1ccccc1C(=O)Nc1ccc(C(=N)N)cc1. The first kappa shape index (κ1) is 18.8. The molecule has 1 amide bonds. The smallest absolute Gasteiger partial charge is 0.336 e. The van der Waals surface area contributed by atoms with E-state index in [9.17, 15) is 14.7 Å². The number of nitrogens with two attached hydrogens (primary N) is 1. The van der Waals surface area contributed by atoms with Crippen LogP contribution in [0.15, 0.2) is 66.7 Å². The van der Waals surface area contributed by atoms with Crippen molar-refractivity contribution in [2.75, 3.05) is 5.32 Å². The number of carbonyl (C=O) groups excluding carboxylic acids is 1. The van der Waals surface area contributed by atoms with Crippen molar-refractivity contribution >= 4 is 23.4 Å². The average Bonchev–Trinajstić information content (AvgIpc) is 2.68. The Kier molecular flexibility index (Phi) is 5.22. The second-order valence-electron chi connectivity index (χ2n) is 6.29. The molecule has 3 rings (SSSR count). The lowest BCUT2D eigenvalue weighted by molar-refractivity contribution is 0.0697. The highest BCUT2D eigenvalue weighted by atomic mass is 16.4. The van der Waals surface area contributed by atoms with Crippen LogP contribution in [0.1, 0.15) is 31.8 Å². The summed E-state index contributed by atoms with van der Waals surface area (Å²) in [6.07, 6.45) is 0. The number of carboxylic acid groups (broad SMARTS) is 1. The Morgan fingerprint density at radius 3 is 2.21 bits per heavy atom. The summed E-state index contributed by atoms with van der Waals surface area (Å²) in [5, 5.41) is 19.8. The van der Waals surface area contributed by atoms with Gasteiger partial charge in [-0.2, -0.15) is 0 Å². The molecule has 0 aliphatic carbocycles. The number of carboxylic acids is 1. The third-order valence-corrected chi connectivity index (χ3v) is 4.40. The van der Waals surface area contributed by atoms with Gasteiger partial charge in [0.1, 0.15) is 5.84 Å². The molecule has 0 fully saturated rings. The van der Waals surface area contributed by atoms with Crippen LogP contribution in [0.3, 0.4) is 0 Å². The summed E-state index contributed by atoms with van der Waals surface area (Å²) in [5.41, 5.74) is 8.91. The molecule has 0 aromatic heterocycles. The molecule has 0 bridgehead atoms. The number of rotatable bonds is 5. The topological polar surface area (TPSA) is 116 Å². The number of anilines is 1. The van der Waals surface area contributed by atoms with Crippen LogP contribution in [0.2, 0.25) is 0 Å². The van der Waals surface area contributed by atoms with Gasteiger partial charge in [-0.05, 0) is 60.0 Å². The van der Waals surface area contributed by atoms with Crippen molar-refractivity contribution in [3.05, 3.63) is 89.0 Å². The van der Waals surface area contributed by atoms with Crippen LogP contribution < -0.4 is 11.1 Å². The number of nitrogens with one attached hydrogen (secondary N) is 2. The minimum Gasteiger partial charge on any atom is -0.478 e. The lowest BCUT2D eigenvalue weighted by Crippen LogP contribution is -2.15. The zero-order valence-corrected chi connectivity index (χ0v) is 15.2. The molecule has 0 saturated heterocycles. The van der Waals surface area contributed by atoms with Gasteiger partial charge in [0.2, 0.25) is 0 Å². The van der Waals surface area contributed by atoms with Crippen LogP contribution >= 0.6 is 0 Å². The molecule has 0 unspecified atom stereocenters. The number of benzene rings is 3. The summed E-state index contributed by atoms with van der Waals surface area (Å²) in [6, 6.07) is 18.5. The van der Waals surface area contributed by atoms with Gasteiger partial charge in [0, 0.05) is 16.8 Å². The molecule has 6 heteroatoms. The van der Waals surface area contributed by atoms with E-state index in [4.69, 9.17) is 11.1 Å². The van der Waals surface area contributed by atoms with E-state index in [-0.39, 0.29) is 17.3 Å². The largest absolute Gasteiger partial charge is 0.478 e. The van der Waals surface area contributed by atoms with Gasteiger partial charge in [-0.3, -0.25) is 10.2 Å². The van der Waals surface area contributed by atoms with Crippen molar-refractivity contribution in [2.45, 2.75) is 6.92 Å². The van der Waals surface area contributed by atoms with Gasteiger partial charge < -0.3 is 16.2 Å². The number of aromatic carboxylic acids is 1. The molecule has 0 atom stereocenters. The predicted octanol–water partition coefficient (Wildman–Crippen LogP) is 3.90. The van der Waals surface area contributed by atoms with E-state index in [2.05, 4.69) is 5.32 Å². The fourth-order valence-electron chi connectivity index (χ4n) is 3.03. The summed E-state index contributed by atoms with van der Waals surface area (Å²) in [4.78, 5) is 24.6. The molecule has 0 aliphatic rings. The van der Waals surface area contributed by atoms with Crippen molar-refractivity contribution < 1.29 is 14.7 Å². The third-order valence-electron chi connectivity index (χ3n) is 4.40. The van der Waals surface area contributed by atoms with Crippen LogP contribution in [0.25, 0.3) is 11.1 Å². The van der Waals surface area contributed by atoms with Gasteiger partial charge in [0.25, 0.3) is 5.91 Å². The minimum atomic E-state index is -1.05. The Morgan fingerprint density at radius 1 is 0.929 bits per heavy atom. The number of hydrogen-bond acceptors (Lipinski definition) is 3. The lowest BCUT2D eigenvalue weighted by atomic mass is 9.91. The van der Waals surface area contributed by atoms with Crippen LogP contribution in [-0.4, -0.2) is 22.8 Å². The van der Waals surface area contributed by atoms with Gasteiger partial charge in [-0.25, -0.2) is 4.79 Å². The maximum atomic E-state index is 12.9. The van der Waals surface area contributed by atoms with Gasteiger partial charge in [0.05, 0.1) is 5.56 Å². The summed E-state index contributed by atoms with van der Waals surface area (Å²) in [7, 11) is 0. The molecule has 0 aliphatic heterocycles. The molecule has 0 radical (unpaired) electrons. The Balaban J connectivity index is 2.00. The first-order chi connectivity index (χ1) is 13.4. The third kappa shape index (κ3) is 3.76. The van der Waals surface area contributed by atoms with Crippen LogP contribution in [0.5, 0.6) is 0 Å². The number of carbonyl (C=O) groups is 2. The second-order valence-corrected chi connectivity index (χ2v) is 6.29. The zero-order chi connectivity index (χ0) is 20.3. The molecule has 6 nitrogen and oxygen atoms in total. The number of amidine groups is 1. The lowest BCUT2D eigenvalue weighted by Gasteiger charge is -2.15. The molecular weight excluding hydrogens is 354 g/mol. The van der Waals surface area contributed by atoms with Crippen LogP contribution in [-0.2, 0) is 0 Å². The number of nitrogen functional groups attached to an aromatic ring is 1. The van der Waals surface area contributed by atoms with Gasteiger partial charge >= 0.3 is 5.97 Å². The molecule has 5 N–H and O–H groups in total. The highest BCUT2D eigenvalue weighted by molar-refractivity contribution is 6.10. The normalized spacial score (nSPS) is 10.3. The number of amides is 1. The Hall–Kier alpha value is -3.93. The molecule has 0 saturated carbocycles. The zero-order valence-electron chi connectivity index (χ0n) is 15.2. The average molecular weight is 373 g/mol. The van der Waals surface area contributed by atoms with Crippen LogP contribution in [0, 0.1) is 12.3 Å². The van der Waals surface area contributed by atoms with Crippen LogP contribution in [0.4, 0.5) is 5.69 Å². The van der Waals surface area contributed by atoms with E-state index in [1.54, 1.807) is 54.6 Å². The number of aryl methyl sites for hydroxylation is 1. The molecule has 3 aromatic carbocycles. The fraction of sp³-hybridized carbons (Fsp3) is 0.0455. The van der Waals surface area contributed by atoms with Crippen molar-refractivity contribution in [3.8, 4) is 11.1 Å². The van der Waals surface area contributed by atoms with E-state index in [1.165, 1.54) is 6.07 Å². The van der Waals surface area contributed by atoms with Crippen molar-refractivity contribution in [2.24, 2.45) is 5.73 Å². The van der Waals surface area contributed by atoms with Gasteiger partial charge in [-0.15, -0.1) is 0 Å². The second kappa shape index (κ2) is 7.75. The summed E-state index contributed by atoms with van der Waals surface area (Å²) in [6.45, 7) is 1.82. The van der Waals surface area contributed by atoms with Gasteiger partial charge in [-0.1, -0.05) is 30.3 Å². The van der Waals surface area contributed by atoms with Crippen molar-refractivity contribution in [1.82, 2.24) is 0 Å². The molecule has 3 aromatic rings. The Labute approximate surface area is 162 Å². The molecule has 0 spiro atoms. The highest BCUT2D eigenvalue weighted by Gasteiger charge is 2.19. The Bertz CT molecular complexity index is 1070. The summed E-state index contributed by atoms with van der Waals surface area (Å²) >= 11 is 0. The first-order valence-electron chi connectivity index (χ1n) is 8.56. The van der Waals surface area contributed by atoms with E-state index >= 15 is 0 Å². The molecule has 0 heterocycles. The quantitative estimate of drug-likeness (QED) is 0.401. The van der Waals surface area contributed by atoms with Crippen molar-refractivity contribution in [3.63, 3.8) is 0 Å². The maximum Gasteiger partial charge on any atom is 0.336 e. The van der Waals surface area contributed by atoms with E-state index in [0.29, 0.717) is 27.9 Å². The fourth-order valence-corrected chi connectivity index (χ4v) is 3.03. The standard InChI is InChI=1S/C22H19N3O3/c1-13-5-4-8-18(22(27)28)19(13)16-6-2-3-7-17(16)21(26)25-15-11-9-14(10-12-15)20(23)24/h2-12H,1H3,(H3,23,24)(H,25,26)(H,27,28). The van der Waals surface area contributed by atoms with E-state index in [1.807, 2.05) is 13.0 Å². The van der Waals surface area contributed by atoms with E-state index in [0.717, 1.165) is 5.56 Å². The Morgan fingerprint density at radius 2 is 1.57 bits per heavy atom. The highest BCUT2D eigenvalue weighted by Crippen LogP contribution is 2.31. The minimum absolute atomic E-state index is 0.0519. The molecule has 140 valence electrons. The van der Waals surface area contributed by atoms with Gasteiger partial charge in [0.15, 0.2) is 0 Å². The first-order valence-corrected chi connectivity index (χ1v) is 8.56. The molecule has 28 heavy (non-hydrogen) atoms. The summed E-state index contributed by atoms with van der Waals surface area (Å²) in [5.74, 6) is -1.46. The summed E-state index contributed by atoms with van der Waals surface area (Å²) < 4.78 is 0. The maximum absolute atomic E-state index is 12.9. The monoisotopic (exact) mass is 373 g/mol. The number of hydrogen-bond donors (Lipinski definition) is 4.